The predicted octanol–water partition coefficient (Wildman–Crippen LogP) is 3.69. The molecular formula is C12H11Cl2P. The van der Waals surface area contributed by atoms with Crippen molar-refractivity contribution in [3.63, 3.8) is 0 Å². The van der Waals surface area contributed by atoms with Gasteiger partial charge in [-0.05, 0) is 0 Å². The van der Waals surface area contributed by atoms with E-state index in [0.29, 0.717) is 0 Å². The van der Waals surface area contributed by atoms with Crippen LogP contribution in [-0.4, -0.2) is 0 Å². The van der Waals surface area contributed by atoms with Gasteiger partial charge in [0.1, 0.15) is 0 Å². The molecule has 15 heavy (non-hydrogen) atoms. The number of hydrogen-bond acceptors (Lipinski definition) is 0. The van der Waals surface area contributed by atoms with E-state index in [0.717, 1.165) is 10.6 Å². The van der Waals surface area contributed by atoms with Crippen molar-refractivity contribution in [1.82, 2.24) is 0 Å². The van der Waals surface area contributed by atoms with Crippen molar-refractivity contribution >= 4 is 39.1 Å². The van der Waals surface area contributed by atoms with Crippen LogP contribution >= 0.6 is 28.4 Å². The zero-order valence-electron chi connectivity index (χ0n) is 8.03. The monoisotopic (exact) mass is 256 g/mol. The second-order valence-corrected chi connectivity index (χ2v) is 9.59. The van der Waals surface area contributed by atoms with Gasteiger partial charge in [0.05, 0.1) is 0 Å². The van der Waals surface area contributed by atoms with E-state index in [2.05, 4.69) is 0 Å². The number of hydrogen-bond donors (Lipinski definition) is 0. The molecule has 0 saturated heterocycles. The molecule has 0 heterocycles. The Labute approximate surface area is 99.8 Å². The van der Waals surface area contributed by atoms with Gasteiger partial charge >= 0.3 is 99.7 Å². The molecule has 0 fully saturated rings. The molecule has 0 aromatic heterocycles. The van der Waals surface area contributed by atoms with Crippen LogP contribution in [0.3, 0.4) is 0 Å². The summed E-state index contributed by atoms with van der Waals surface area (Å²) < 4.78 is 0. The summed E-state index contributed by atoms with van der Waals surface area (Å²) in [7, 11) is 0. The van der Waals surface area contributed by atoms with Crippen LogP contribution in [0.25, 0.3) is 0 Å². The van der Waals surface area contributed by atoms with E-state index in [9.17, 15) is 0 Å². The number of halogens is 2. The summed E-state index contributed by atoms with van der Waals surface area (Å²) in [4.78, 5) is 0. The topological polar surface area (TPSA) is 0 Å². The van der Waals surface area contributed by atoms with E-state index in [1.54, 1.807) is 0 Å². The van der Waals surface area contributed by atoms with E-state index in [4.69, 9.17) is 22.5 Å². The van der Waals surface area contributed by atoms with E-state index >= 15 is 0 Å². The predicted molar refractivity (Wildman–Crippen MR) is 72.2 cm³/mol. The fourth-order valence-corrected chi connectivity index (χ4v) is 4.53. The fourth-order valence-electron chi connectivity index (χ4n) is 1.46. The zero-order chi connectivity index (χ0) is 10.7. The first kappa shape index (κ1) is 11.0. The SMILES string of the molecule is Cl[PH](Cl)(c1ccccc1)c1ccccc1. The van der Waals surface area contributed by atoms with Crippen LogP contribution in [0.5, 0.6) is 0 Å². The first-order valence-electron chi connectivity index (χ1n) is 4.70. The second-order valence-electron chi connectivity index (χ2n) is 3.31. The second kappa shape index (κ2) is 4.53. The molecule has 0 unspecified atom stereocenters. The minimum atomic E-state index is -2.51. The average molecular weight is 257 g/mol. The number of benzene rings is 2. The summed E-state index contributed by atoms with van der Waals surface area (Å²) in [6, 6.07) is 19.7. The van der Waals surface area contributed by atoms with Gasteiger partial charge in [0.2, 0.25) is 0 Å². The maximum atomic E-state index is 6.49. The van der Waals surface area contributed by atoms with Gasteiger partial charge in [-0.15, -0.1) is 0 Å². The van der Waals surface area contributed by atoms with E-state index in [1.807, 2.05) is 60.7 Å². The summed E-state index contributed by atoms with van der Waals surface area (Å²) >= 11 is 13.0. The Morgan fingerprint density at radius 3 is 1.27 bits per heavy atom. The molecule has 3 heteroatoms. The third-order valence-electron chi connectivity index (χ3n) is 2.27. The molecule has 0 aliphatic carbocycles. The molecule has 0 atom stereocenters. The average Bonchev–Trinajstić information content (AvgIpc) is 2.31. The Morgan fingerprint density at radius 1 is 0.600 bits per heavy atom. The van der Waals surface area contributed by atoms with E-state index < -0.39 is 5.97 Å². The van der Waals surface area contributed by atoms with Gasteiger partial charge in [-0.3, -0.25) is 0 Å². The molecule has 0 saturated carbocycles. The Morgan fingerprint density at radius 2 is 0.933 bits per heavy atom. The molecule has 2 rings (SSSR count). The first-order chi connectivity index (χ1) is 7.21. The van der Waals surface area contributed by atoms with Crippen LogP contribution in [0.2, 0.25) is 0 Å². The van der Waals surface area contributed by atoms with Gasteiger partial charge in [-0.25, -0.2) is 0 Å². The van der Waals surface area contributed by atoms with Crippen LogP contribution in [0.1, 0.15) is 0 Å². The van der Waals surface area contributed by atoms with Crippen molar-refractivity contribution in [2.45, 2.75) is 0 Å². The molecule has 0 spiro atoms. The summed E-state index contributed by atoms with van der Waals surface area (Å²) in [5.74, 6) is -2.51. The van der Waals surface area contributed by atoms with Crippen molar-refractivity contribution in [3.05, 3.63) is 60.7 Å². The molecule has 0 nitrogen and oxygen atoms in total. The van der Waals surface area contributed by atoms with Gasteiger partial charge in [-0.1, -0.05) is 0 Å². The van der Waals surface area contributed by atoms with E-state index in [-0.39, 0.29) is 0 Å². The standard InChI is InChI=1S/C12H11Cl2P/c13-15(14,11-7-3-1-4-8-11)12-9-5-2-6-10-12/h1-10,15H. The van der Waals surface area contributed by atoms with Crippen molar-refractivity contribution in [3.8, 4) is 0 Å². The van der Waals surface area contributed by atoms with Crippen LogP contribution in [0.4, 0.5) is 0 Å². The molecule has 0 bridgehead atoms. The van der Waals surface area contributed by atoms with Crippen LogP contribution in [-0.2, 0) is 0 Å². The van der Waals surface area contributed by atoms with Gasteiger partial charge in [0, 0.05) is 0 Å². The zero-order valence-corrected chi connectivity index (χ0v) is 10.5. The quantitative estimate of drug-likeness (QED) is 0.719. The summed E-state index contributed by atoms with van der Waals surface area (Å²) in [5.41, 5.74) is 0. The van der Waals surface area contributed by atoms with Crippen molar-refractivity contribution < 1.29 is 0 Å². The molecule has 2 aromatic rings. The van der Waals surface area contributed by atoms with Crippen LogP contribution in [0.15, 0.2) is 60.7 Å². The van der Waals surface area contributed by atoms with Crippen LogP contribution < -0.4 is 10.6 Å². The fraction of sp³-hybridized carbons (Fsp3) is 0. The Hall–Kier alpha value is -0.550. The molecule has 0 radical (unpaired) electrons. The first-order valence-corrected chi connectivity index (χ1v) is 8.72. The molecule has 2 aromatic carbocycles. The summed E-state index contributed by atoms with van der Waals surface area (Å²) in [5, 5.41) is 2.05. The maximum absolute atomic E-state index is 6.49. The number of rotatable bonds is 2. The summed E-state index contributed by atoms with van der Waals surface area (Å²) in [6.45, 7) is 0. The summed E-state index contributed by atoms with van der Waals surface area (Å²) in [6.07, 6.45) is 0. The molecule has 0 aliphatic heterocycles. The molecule has 78 valence electrons. The van der Waals surface area contributed by atoms with Crippen molar-refractivity contribution in [2.75, 3.05) is 0 Å². The van der Waals surface area contributed by atoms with Crippen LogP contribution in [0, 0.1) is 0 Å². The molecule has 0 aliphatic rings. The third-order valence-corrected chi connectivity index (χ3v) is 7.01. The van der Waals surface area contributed by atoms with Gasteiger partial charge in [0.25, 0.3) is 0 Å². The van der Waals surface area contributed by atoms with Crippen molar-refractivity contribution in [2.24, 2.45) is 0 Å². The molecule has 0 N–H and O–H groups in total. The molecule has 0 amide bonds. The Bertz CT molecular complexity index is 384. The minimum absolute atomic E-state index is 1.03. The third kappa shape index (κ3) is 2.34. The van der Waals surface area contributed by atoms with Gasteiger partial charge < -0.3 is 0 Å². The normalized spacial score (nSPS) is 12.4. The van der Waals surface area contributed by atoms with Gasteiger partial charge in [-0.2, -0.15) is 0 Å². The van der Waals surface area contributed by atoms with E-state index in [1.165, 1.54) is 0 Å². The Balaban J connectivity index is 2.44. The molecular weight excluding hydrogens is 246 g/mol. The van der Waals surface area contributed by atoms with Gasteiger partial charge in [0.15, 0.2) is 0 Å². The van der Waals surface area contributed by atoms with Crippen molar-refractivity contribution in [1.29, 1.82) is 0 Å². The Kier molecular flexibility index (Phi) is 3.31.